The van der Waals surface area contributed by atoms with Gasteiger partial charge in [-0.05, 0) is 112 Å². The van der Waals surface area contributed by atoms with Crippen molar-refractivity contribution in [3.8, 4) is 5.75 Å². The van der Waals surface area contributed by atoms with E-state index in [1.165, 1.54) is 52.1 Å². The van der Waals surface area contributed by atoms with Crippen molar-refractivity contribution in [1.82, 2.24) is 0 Å². The zero-order valence-corrected chi connectivity index (χ0v) is 18.0. The lowest BCUT2D eigenvalue weighted by atomic mass is 9.60. The Labute approximate surface area is 174 Å². The Morgan fingerprint density at radius 1 is 0.793 bits per heavy atom. The summed E-state index contributed by atoms with van der Waals surface area (Å²) in [6.07, 6.45) is 12.7. The molecule has 162 valence electrons. The zero-order valence-electron chi connectivity index (χ0n) is 18.0. The summed E-state index contributed by atoms with van der Waals surface area (Å²) in [6, 6.07) is 3.32. The van der Waals surface area contributed by atoms with Crippen molar-refractivity contribution in [3.05, 3.63) is 29.3 Å². The number of hydrogen-bond acceptors (Lipinski definition) is 2. The van der Waals surface area contributed by atoms with Gasteiger partial charge in [-0.1, -0.05) is 6.07 Å². The van der Waals surface area contributed by atoms with E-state index < -0.39 is 11.6 Å². The Kier molecular flexibility index (Phi) is 6.78. The zero-order chi connectivity index (χ0) is 20.4. The third-order valence-electron chi connectivity index (χ3n) is 8.18. The van der Waals surface area contributed by atoms with Gasteiger partial charge >= 0.3 is 0 Å². The first-order chi connectivity index (χ1) is 14.1. The lowest BCUT2D eigenvalue weighted by Gasteiger charge is -2.45. The molecule has 1 aromatic rings. The van der Waals surface area contributed by atoms with E-state index in [2.05, 4.69) is 6.92 Å². The van der Waals surface area contributed by atoms with Gasteiger partial charge in [0.1, 0.15) is 0 Å². The van der Waals surface area contributed by atoms with Crippen LogP contribution in [0, 0.1) is 35.3 Å². The van der Waals surface area contributed by atoms with Crippen molar-refractivity contribution in [1.29, 1.82) is 0 Å². The van der Waals surface area contributed by atoms with Crippen LogP contribution in [0.2, 0.25) is 0 Å². The second kappa shape index (κ2) is 9.32. The van der Waals surface area contributed by atoms with Gasteiger partial charge in [0.15, 0.2) is 11.6 Å². The van der Waals surface area contributed by atoms with Gasteiger partial charge in [-0.25, -0.2) is 4.39 Å². The van der Waals surface area contributed by atoms with E-state index in [1.807, 2.05) is 0 Å². The highest BCUT2D eigenvalue weighted by atomic mass is 19.2. The van der Waals surface area contributed by atoms with Crippen LogP contribution >= 0.6 is 0 Å². The number of ether oxygens (including phenoxy) is 2. The van der Waals surface area contributed by atoms with Gasteiger partial charge in [-0.3, -0.25) is 0 Å². The largest absolute Gasteiger partial charge is 0.494 e. The van der Waals surface area contributed by atoms with E-state index in [0.717, 1.165) is 43.6 Å². The van der Waals surface area contributed by atoms with Crippen LogP contribution < -0.4 is 4.74 Å². The van der Waals surface area contributed by atoms with Crippen molar-refractivity contribution in [3.63, 3.8) is 0 Å². The summed E-state index contributed by atoms with van der Waals surface area (Å²) < 4.78 is 39.5. The molecule has 4 unspecified atom stereocenters. The first-order valence-corrected chi connectivity index (χ1v) is 11.7. The molecule has 0 saturated heterocycles. The summed E-state index contributed by atoms with van der Waals surface area (Å²) in [5.74, 6) is 1.81. The second-order valence-corrected chi connectivity index (χ2v) is 9.58. The summed E-state index contributed by atoms with van der Waals surface area (Å²) in [4.78, 5) is 0. The molecule has 0 amide bonds. The fourth-order valence-corrected chi connectivity index (χ4v) is 6.62. The Morgan fingerprint density at radius 2 is 1.41 bits per heavy atom. The molecule has 4 heteroatoms. The quantitative estimate of drug-likeness (QED) is 0.531. The van der Waals surface area contributed by atoms with Gasteiger partial charge in [0.2, 0.25) is 5.82 Å². The van der Waals surface area contributed by atoms with E-state index >= 15 is 0 Å². The molecule has 29 heavy (non-hydrogen) atoms. The number of halogens is 2. The number of rotatable bonds is 5. The molecule has 0 spiro atoms. The van der Waals surface area contributed by atoms with Crippen LogP contribution in [0.4, 0.5) is 8.78 Å². The van der Waals surface area contributed by atoms with Crippen LogP contribution in [0.3, 0.4) is 0 Å². The van der Waals surface area contributed by atoms with Crippen LogP contribution in [-0.4, -0.2) is 19.8 Å². The minimum absolute atomic E-state index is 0.000461. The van der Waals surface area contributed by atoms with Crippen LogP contribution in [-0.2, 0) is 4.74 Å². The molecule has 3 aliphatic rings. The van der Waals surface area contributed by atoms with Crippen molar-refractivity contribution in [2.24, 2.45) is 23.7 Å². The second-order valence-electron chi connectivity index (χ2n) is 9.58. The van der Waals surface area contributed by atoms with Crippen molar-refractivity contribution in [2.75, 3.05) is 13.7 Å². The van der Waals surface area contributed by atoms with Crippen molar-refractivity contribution >= 4 is 0 Å². The summed E-state index contributed by atoms with van der Waals surface area (Å²) in [5.41, 5.74) is 0.554. The molecule has 1 aromatic carbocycles. The van der Waals surface area contributed by atoms with E-state index in [4.69, 9.17) is 9.47 Å². The highest BCUT2D eigenvalue weighted by Gasteiger charge is 2.39. The van der Waals surface area contributed by atoms with Gasteiger partial charge in [-0.2, -0.15) is 4.39 Å². The van der Waals surface area contributed by atoms with Crippen molar-refractivity contribution < 1.29 is 18.3 Å². The summed E-state index contributed by atoms with van der Waals surface area (Å²) in [5, 5.41) is 0. The number of methoxy groups -OCH3 is 1. The third kappa shape index (κ3) is 4.47. The molecule has 0 heterocycles. The number of hydrogen-bond donors (Lipinski definition) is 0. The molecule has 0 aromatic heterocycles. The average molecular weight is 407 g/mol. The van der Waals surface area contributed by atoms with Gasteiger partial charge in [0.05, 0.1) is 13.2 Å². The first kappa shape index (κ1) is 21.1. The Morgan fingerprint density at radius 3 is 2.10 bits per heavy atom. The molecule has 0 bridgehead atoms. The lowest BCUT2D eigenvalue weighted by Crippen LogP contribution is -2.35. The highest BCUT2D eigenvalue weighted by Crippen LogP contribution is 2.51. The molecule has 0 N–H and O–H groups in total. The van der Waals surface area contributed by atoms with E-state index in [-0.39, 0.29) is 11.7 Å². The topological polar surface area (TPSA) is 18.5 Å². The van der Waals surface area contributed by atoms with E-state index in [9.17, 15) is 8.78 Å². The van der Waals surface area contributed by atoms with Crippen LogP contribution in [0.25, 0.3) is 0 Å². The summed E-state index contributed by atoms with van der Waals surface area (Å²) in [7, 11) is 1.38. The van der Waals surface area contributed by atoms with Gasteiger partial charge in [-0.15, -0.1) is 0 Å². The fraction of sp³-hybridized carbons (Fsp3) is 0.760. The van der Waals surface area contributed by atoms with E-state index in [1.54, 1.807) is 12.1 Å². The Hall–Kier alpha value is -1.16. The molecule has 3 saturated carbocycles. The van der Waals surface area contributed by atoms with Gasteiger partial charge < -0.3 is 9.47 Å². The normalized spacial score (nSPS) is 35.2. The van der Waals surface area contributed by atoms with Crippen molar-refractivity contribution in [2.45, 2.75) is 83.2 Å². The molecule has 0 radical (unpaired) electrons. The maximum absolute atomic E-state index is 14.6. The average Bonchev–Trinajstić information content (AvgIpc) is 2.76. The van der Waals surface area contributed by atoms with Gasteiger partial charge in [0, 0.05) is 6.61 Å². The maximum atomic E-state index is 14.6. The van der Waals surface area contributed by atoms with Gasteiger partial charge in [0.25, 0.3) is 0 Å². The molecule has 4 rings (SSSR count). The minimum atomic E-state index is -0.835. The SMILES string of the molecule is CCOC1CCC(C2CCC3CC(c4ccc(OC)c(F)c4F)CCC3C2)CC1. The predicted molar refractivity (Wildman–Crippen MR) is 111 cm³/mol. The molecule has 2 nitrogen and oxygen atoms in total. The predicted octanol–water partition coefficient (Wildman–Crippen LogP) is 6.87. The Balaban J connectivity index is 1.34. The van der Waals surface area contributed by atoms with E-state index in [0.29, 0.717) is 17.6 Å². The Bertz CT molecular complexity index is 684. The van der Waals surface area contributed by atoms with Crippen LogP contribution in [0.1, 0.15) is 82.6 Å². The standard InChI is InChI=1S/C25H36F2O2/c1-3-29-21-10-8-16(9-11-21)17-4-5-19-15-20(7-6-18(19)14-17)22-12-13-23(28-2)25(27)24(22)26/h12-13,16-21H,3-11,14-15H2,1-2H3. The smallest absolute Gasteiger partial charge is 0.200 e. The lowest BCUT2D eigenvalue weighted by molar-refractivity contribution is 0.00577. The third-order valence-corrected chi connectivity index (χ3v) is 8.18. The molecule has 3 fully saturated rings. The van der Waals surface area contributed by atoms with Crippen LogP contribution in [0.5, 0.6) is 5.75 Å². The number of benzene rings is 1. The molecular weight excluding hydrogens is 370 g/mol. The summed E-state index contributed by atoms with van der Waals surface area (Å²) in [6.45, 7) is 2.93. The highest BCUT2D eigenvalue weighted by molar-refractivity contribution is 5.33. The van der Waals surface area contributed by atoms with Crippen LogP contribution in [0.15, 0.2) is 12.1 Å². The number of fused-ring (bicyclic) bond motifs is 1. The fourth-order valence-electron chi connectivity index (χ4n) is 6.62. The monoisotopic (exact) mass is 406 g/mol. The maximum Gasteiger partial charge on any atom is 0.200 e. The molecular formula is C25H36F2O2. The molecule has 4 atom stereocenters. The molecule has 0 aliphatic heterocycles. The first-order valence-electron chi connectivity index (χ1n) is 11.7. The minimum Gasteiger partial charge on any atom is -0.494 e. The summed E-state index contributed by atoms with van der Waals surface area (Å²) >= 11 is 0. The molecule has 3 aliphatic carbocycles.